The van der Waals surface area contributed by atoms with Gasteiger partial charge in [-0.15, -0.1) is 10.2 Å². The number of nitrogens with zero attached hydrogens (tertiary/aromatic N) is 4. The summed E-state index contributed by atoms with van der Waals surface area (Å²) in [6.45, 7) is 4.73. The third-order valence-corrected chi connectivity index (χ3v) is 4.41. The molecule has 1 N–H and O–H groups in total. The molecule has 140 valence electrons. The molecule has 0 saturated heterocycles. The molecule has 28 heavy (non-hydrogen) atoms. The maximum Gasteiger partial charge on any atom is 0.255 e. The quantitative estimate of drug-likeness (QED) is 0.567. The second kappa shape index (κ2) is 7.48. The zero-order valence-electron chi connectivity index (χ0n) is 15.6. The number of carbonyl (C=O) groups is 1. The van der Waals surface area contributed by atoms with Gasteiger partial charge in [0, 0.05) is 29.4 Å². The van der Waals surface area contributed by atoms with Gasteiger partial charge >= 0.3 is 0 Å². The molecule has 0 bridgehead atoms. The number of hydrogen-bond acceptors (Lipinski definition) is 5. The van der Waals surface area contributed by atoms with Crippen LogP contribution in [-0.2, 0) is 6.54 Å². The Labute approximate surface area is 162 Å². The zero-order valence-corrected chi connectivity index (χ0v) is 15.6. The summed E-state index contributed by atoms with van der Waals surface area (Å²) >= 11 is 0. The smallest absolute Gasteiger partial charge is 0.255 e. The second-order valence-corrected chi connectivity index (χ2v) is 6.34. The topological polar surface area (TPSA) is 85.8 Å². The van der Waals surface area contributed by atoms with E-state index in [9.17, 15) is 4.79 Å². The van der Waals surface area contributed by atoms with Gasteiger partial charge in [-0.2, -0.15) is 5.10 Å². The van der Waals surface area contributed by atoms with E-state index in [1.807, 2.05) is 38.1 Å². The Morgan fingerprint density at radius 3 is 2.54 bits per heavy atom. The Morgan fingerprint density at radius 2 is 1.82 bits per heavy atom. The van der Waals surface area contributed by atoms with E-state index in [2.05, 4.69) is 20.6 Å². The van der Waals surface area contributed by atoms with E-state index in [-0.39, 0.29) is 5.91 Å². The lowest BCUT2D eigenvalue weighted by atomic mass is 10.1. The summed E-state index contributed by atoms with van der Waals surface area (Å²) in [5, 5.41) is 15.2. The van der Waals surface area contributed by atoms with Gasteiger partial charge < -0.3 is 9.73 Å². The van der Waals surface area contributed by atoms with Crippen LogP contribution in [0.3, 0.4) is 0 Å². The number of rotatable bonds is 5. The molecule has 0 atom stereocenters. The molecule has 7 nitrogen and oxygen atoms in total. The number of aryl methyl sites for hydroxylation is 2. The molecule has 0 aliphatic rings. The van der Waals surface area contributed by atoms with Gasteiger partial charge in [-0.3, -0.25) is 9.48 Å². The highest BCUT2D eigenvalue weighted by molar-refractivity contribution is 6.04. The third kappa shape index (κ3) is 3.55. The van der Waals surface area contributed by atoms with Crippen molar-refractivity contribution in [3.8, 4) is 22.9 Å². The summed E-state index contributed by atoms with van der Waals surface area (Å²) in [5.41, 5.74) is 3.92. The van der Waals surface area contributed by atoms with Crippen LogP contribution in [0, 0.1) is 6.92 Å². The summed E-state index contributed by atoms with van der Waals surface area (Å²) < 4.78 is 7.56. The van der Waals surface area contributed by atoms with Crippen molar-refractivity contribution in [2.45, 2.75) is 20.4 Å². The lowest BCUT2D eigenvalue weighted by Crippen LogP contribution is -2.11. The highest BCUT2D eigenvalue weighted by Gasteiger charge is 2.13. The zero-order chi connectivity index (χ0) is 19.5. The Balaban J connectivity index is 1.50. The minimum absolute atomic E-state index is 0.201. The first kappa shape index (κ1) is 17.7. The first-order valence-electron chi connectivity index (χ1n) is 8.98. The van der Waals surface area contributed by atoms with Crippen LogP contribution in [-0.4, -0.2) is 25.9 Å². The molecule has 4 rings (SSSR count). The van der Waals surface area contributed by atoms with E-state index in [1.54, 1.807) is 41.3 Å². The Morgan fingerprint density at radius 1 is 1.07 bits per heavy atom. The van der Waals surface area contributed by atoms with Crippen molar-refractivity contribution < 1.29 is 9.21 Å². The molecule has 2 aromatic carbocycles. The minimum Gasteiger partial charge on any atom is -0.416 e. The van der Waals surface area contributed by atoms with Crippen molar-refractivity contribution >= 4 is 11.6 Å². The Kier molecular flexibility index (Phi) is 4.72. The standard InChI is InChI=1S/C21H19N5O2/c1-3-26-13-17(12-22-26)23-19(27)15-8-10-16(11-9-15)20-24-25-21(28-20)18-7-5-4-6-14(18)2/h4-13H,3H2,1-2H3,(H,23,27). The molecule has 0 saturated carbocycles. The van der Waals surface area contributed by atoms with Gasteiger partial charge in [-0.1, -0.05) is 18.2 Å². The molecule has 0 fully saturated rings. The maximum absolute atomic E-state index is 12.4. The molecule has 7 heteroatoms. The van der Waals surface area contributed by atoms with Crippen molar-refractivity contribution in [2.24, 2.45) is 0 Å². The van der Waals surface area contributed by atoms with Crippen molar-refractivity contribution in [1.82, 2.24) is 20.0 Å². The molecule has 2 heterocycles. The monoisotopic (exact) mass is 373 g/mol. The van der Waals surface area contributed by atoms with Gasteiger partial charge in [0.25, 0.3) is 5.91 Å². The number of anilines is 1. The summed E-state index contributed by atoms with van der Waals surface area (Å²) in [6.07, 6.45) is 3.42. The fourth-order valence-corrected chi connectivity index (χ4v) is 2.83. The molecular weight excluding hydrogens is 354 g/mol. The average molecular weight is 373 g/mol. The predicted octanol–water partition coefficient (Wildman–Crippen LogP) is 4.18. The highest BCUT2D eigenvalue weighted by atomic mass is 16.4. The van der Waals surface area contributed by atoms with Gasteiger partial charge in [0.2, 0.25) is 11.8 Å². The molecule has 0 unspecified atom stereocenters. The largest absolute Gasteiger partial charge is 0.416 e. The normalized spacial score (nSPS) is 10.8. The van der Waals surface area contributed by atoms with E-state index in [1.165, 1.54) is 0 Å². The summed E-state index contributed by atoms with van der Waals surface area (Å²) in [6, 6.07) is 14.9. The van der Waals surface area contributed by atoms with Crippen LogP contribution < -0.4 is 5.32 Å². The first-order chi connectivity index (χ1) is 13.6. The van der Waals surface area contributed by atoms with E-state index >= 15 is 0 Å². The molecule has 1 amide bonds. The first-order valence-corrected chi connectivity index (χ1v) is 8.98. The lowest BCUT2D eigenvalue weighted by Gasteiger charge is -2.03. The molecule has 2 aromatic heterocycles. The molecule has 0 spiro atoms. The van der Waals surface area contributed by atoms with Crippen LogP contribution in [0.25, 0.3) is 22.9 Å². The third-order valence-electron chi connectivity index (χ3n) is 4.41. The molecular formula is C21H19N5O2. The average Bonchev–Trinajstić information content (AvgIpc) is 3.38. The van der Waals surface area contributed by atoms with Crippen LogP contribution in [0.2, 0.25) is 0 Å². The lowest BCUT2D eigenvalue weighted by molar-refractivity contribution is 0.102. The van der Waals surface area contributed by atoms with E-state index in [0.717, 1.165) is 23.2 Å². The van der Waals surface area contributed by atoms with Gasteiger partial charge in [0.05, 0.1) is 11.9 Å². The number of amides is 1. The summed E-state index contributed by atoms with van der Waals surface area (Å²) in [7, 11) is 0. The number of aromatic nitrogens is 4. The van der Waals surface area contributed by atoms with Crippen LogP contribution in [0.15, 0.2) is 65.3 Å². The van der Waals surface area contributed by atoms with Crippen LogP contribution in [0.4, 0.5) is 5.69 Å². The fourth-order valence-electron chi connectivity index (χ4n) is 2.83. The Hall–Kier alpha value is -3.74. The molecule has 0 radical (unpaired) electrons. The predicted molar refractivity (Wildman–Crippen MR) is 106 cm³/mol. The fraction of sp³-hybridized carbons (Fsp3) is 0.143. The van der Waals surface area contributed by atoms with Crippen LogP contribution in [0.5, 0.6) is 0 Å². The van der Waals surface area contributed by atoms with E-state index < -0.39 is 0 Å². The maximum atomic E-state index is 12.4. The van der Waals surface area contributed by atoms with Crippen molar-refractivity contribution in [3.63, 3.8) is 0 Å². The van der Waals surface area contributed by atoms with Crippen LogP contribution >= 0.6 is 0 Å². The second-order valence-electron chi connectivity index (χ2n) is 6.34. The van der Waals surface area contributed by atoms with Crippen molar-refractivity contribution in [1.29, 1.82) is 0 Å². The summed E-state index contributed by atoms with van der Waals surface area (Å²) in [5.74, 6) is 0.686. The van der Waals surface area contributed by atoms with Crippen LogP contribution in [0.1, 0.15) is 22.8 Å². The van der Waals surface area contributed by atoms with Crippen molar-refractivity contribution in [2.75, 3.05) is 5.32 Å². The van der Waals surface area contributed by atoms with Gasteiger partial charge in [-0.05, 0) is 49.7 Å². The van der Waals surface area contributed by atoms with E-state index in [4.69, 9.17) is 4.42 Å². The van der Waals surface area contributed by atoms with Gasteiger partial charge in [0.15, 0.2) is 0 Å². The highest BCUT2D eigenvalue weighted by Crippen LogP contribution is 2.26. The Bertz CT molecular complexity index is 1110. The number of nitrogens with one attached hydrogen (secondary N) is 1. The van der Waals surface area contributed by atoms with E-state index in [0.29, 0.717) is 23.0 Å². The minimum atomic E-state index is -0.201. The molecule has 4 aromatic rings. The van der Waals surface area contributed by atoms with Gasteiger partial charge in [0.1, 0.15) is 0 Å². The number of hydrogen-bond donors (Lipinski definition) is 1. The molecule has 0 aliphatic carbocycles. The summed E-state index contributed by atoms with van der Waals surface area (Å²) in [4.78, 5) is 12.4. The SMILES string of the molecule is CCn1cc(NC(=O)c2ccc(-c3nnc(-c4ccccc4C)o3)cc2)cn1. The molecule has 0 aliphatic heterocycles. The number of benzene rings is 2. The van der Waals surface area contributed by atoms with Crippen molar-refractivity contribution in [3.05, 3.63) is 72.1 Å². The van der Waals surface area contributed by atoms with Gasteiger partial charge in [-0.25, -0.2) is 0 Å². The number of carbonyl (C=O) groups excluding carboxylic acids is 1.